The molecule has 2 unspecified atom stereocenters. The van der Waals surface area contributed by atoms with Gasteiger partial charge in [-0.3, -0.25) is 14.5 Å². The van der Waals surface area contributed by atoms with E-state index < -0.39 is 0 Å². The number of nitrogens with zero attached hydrogens (tertiary/aromatic N) is 2. The van der Waals surface area contributed by atoms with Crippen molar-refractivity contribution in [1.82, 2.24) is 0 Å². The fraction of sp³-hybridized carbons (Fsp3) is 0.400. The number of amides is 2. The summed E-state index contributed by atoms with van der Waals surface area (Å²) in [6.45, 7) is -0.0227. The van der Waals surface area contributed by atoms with Crippen LogP contribution >= 0.6 is 0 Å². The number of nitriles is 1. The molecule has 1 heterocycles. The van der Waals surface area contributed by atoms with Crippen molar-refractivity contribution in [1.29, 1.82) is 5.26 Å². The van der Waals surface area contributed by atoms with Crippen molar-refractivity contribution in [2.24, 2.45) is 11.8 Å². The Labute approximate surface area is 116 Å². The number of rotatable bonds is 3. The standard InChI is InChI=1S/C15H14N2O3/c16-7-8-20-13-5-3-12(4-6-13)17-14(18)10-1-2-11(9-10)15(17)19/h3-6,10-11H,1-2,8-9H2. The van der Waals surface area contributed by atoms with Gasteiger partial charge < -0.3 is 4.74 Å². The zero-order valence-corrected chi connectivity index (χ0v) is 10.9. The van der Waals surface area contributed by atoms with Gasteiger partial charge in [0.05, 0.1) is 5.69 Å². The second-order valence-corrected chi connectivity index (χ2v) is 5.16. The van der Waals surface area contributed by atoms with Crippen LogP contribution in [0.5, 0.6) is 5.75 Å². The van der Waals surface area contributed by atoms with Gasteiger partial charge in [0.1, 0.15) is 11.8 Å². The van der Waals surface area contributed by atoms with Crippen LogP contribution in [0.2, 0.25) is 0 Å². The van der Waals surface area contributed by atoms with Gasteiger partial charge >= 0.3 is 0 Å². The highest BCUT2D eigenvalue weighted by atomic mass is 16.5. The molecule has 0 N–H and O–H groups in total. The molecule has 1 saturated carbocycles. The summed E-state index contributed by atoms with van der Waals surface area (Å²) in [5.41, 5.74) is 0.584. The summed E-state index contributed by atoms with van der Waals surface area (Å²) in [6, 6.07) is 8.60. The van der Waals surface area contributed by atoms with E-state index >= 15 is 0 Å². The average Bonchev–Trinajstić information content (AvgIpc) is 2.92. The number of ether oxygens (including phenoxy) is 1. The Balaban J connectivity index is 1.83. The van der Waals surface area contributed by atoms with Gasteiger partial charge in [-0.1, -0.05) is 0 Å². The molecule has 20 heavy (non-hydrogen) atoms. The number of hydrogen-bond donors (Lipinski definition) is 0. The Hall–Kier alpha value is -2.35. The monoisotopic (exact) mass is 270 g/mol. The van der Waals surface area contributed by atoms with Crippen LogP contribution in [-0.4, -0.2) is 18.4 Å². The van der Waals surface area contributed by atoms with Crippen LogP contribution in [0.3, 0.4) is 0 Å². The maximum atomic E-state index is 12.3. The number of benzene rings is 1. The summed E-state index contributed by atoms with van der Waals surface area (Å²) in [7, 11) is 0. The third-order valence-corrected chi connectivity index (χ3v) is 3.97. The lowest BCUT2D eigenvalue weighted by Gasteiger charge is -2.29. The van der Waals surface area contributed by atoms with E-state index in [1.165, 1.54) is 4.90 Å². The minimum Gasteiger partial charge on any atom is -0.479 e. The summed E-state index contributed by atoms with van der Waals surface area (Å²) in [5.74, 6) is 0.360. The predicted octanol–water partition coefficient (Wildman–Crippen LogP) is 1.88. The van der Waals surface area contributed by atoms with Crippen LogP contribution in [0.1, 0.15) is 19.3 Å². The number of imide groups is 1. The van der Waals surface area contributed by atoms with E-state index in [9.17, 15) is 9.59 Å². The molecule has 1 aromatic carbocycles. The van der Waals surface area contributed by atoms with Gasteiger partial charge in [0.25, 0.3) is 0 Å². The Kier molecular flexibility index (Phi) is 3.15. The fourth-order valence-electron chi connectivity index (χ4n) is 2.97. The molecular formula is C15H14N2O3. The summed E-state index contributed by atoms with van der Waals surface area (Å²) in [6.07, 6.45) is 2.34. The first-order valence-electron chi connectivity index (χ1n) is 6.68. The lowest BCUT2D eigenvalue weighted by molar-refractivity contribution is -0.132. The molecule has 2 amide bonds. The Bertz CT molecular complexity index is 566. The van der Waals surface area contributed by atoms with E-state index in [1.54, 1.807) is 24.3 Å². The second-order valence-electron chi connectivity index (χ2n) is 5.16. The molecule has 2 atom stereocenters. The number of piperidine rings is 1. The molecule has 2 bridgehead atoms. The topological polar surface area (TPSA) is 70.4 Å². The molecule has 102 valence electrons. The van der Waals surface area contributed by atoms with Crippen molar-refractivity contribution < 1.29 is 14.3 Å². The maximum absolute atomic E-state index is 12.3. The zero-order chi connectivity index (χ0) is 14.1. The molecule has 3 rings (SSSR count). The van der Waals surface area contributed by atoms with Gasteiger partial charge in [0.2, 0.25) is 11.8 Å². The SMILES string of the molecule is N#CCOc1ccc(N2C(=O)C3CCC(C3)C2=O)cc1. The van der Waals surface area contributed by atoms with E-state index in [2.05, 4.69) is 0 Å². The molecule has 1 saturated heterocycles. The molecule has 5 nitrogen and oxygen atoms in total. The Morgan fingerprint density at radius 2 is 1.75 bits per heavy atom. The van der Waals surface area contributed by atoms with E-state index in [1.807, 2.05) is 6.07 Å². The number of carbonyl (C=O) groups excluding carboxylic acids is 2. The van der Waals surface area contributed by atoms with Crippen molar-refractivity contribution in [2.45, 2.75) is 19.3 Å². The minimum atomic E-state index is -0.0885. The van der Waals surface area contributed by atoms with Crippen LogP contribution < -0.4 is 9.64 Å². The predicted molar refractivity (Wildman–Crippen MR) is 70.9 cm³/mol. The lowest BCUT2D eigenvalue weighted by atomic mass is 9.96. The van der Waals surface area contributed by atoms with E-state index in [4.69, 9.17) is 10.00 Å². The normalized spacial score (nSPS) is 24.6. The second kappa shape index (κ2) is 4.97. The van der Waals surface area contributed by atoms with Crippen molar-refractivity contribution in [2.75, 3.05) is 11.5 Å². The van der Waals surface area contributed by atoms with Crippen molar-refractivity contribution >= 4 is 17.5 Å². The summed E-state index contributed by atoms with van der Waals surface area (Å²) >= 11 is 0. The van der Waals surface area contributed by atoms with Crippen LogP contribution in [-0.2, 0) is 9.59 Å². The van der Waals surface area contributed by atoms with Crippen LogP contribution in [0.15, 0.2) is 24.3 Å². The molecule has 1 aliphatic heterocycles. The third kappa shape index (κ3) is 2.03. The van der Waals surface area contributed by atoms with Crippen LogP contribution in [0.4, 0.5) is 5.69 Å². The van der Waals surface area contributed by atoms with Gasteiger partial charge in [-0.2, -0.15) is 5.26 Å². The van der Waals surface area contributed by atoms with Gasteiger partial charge in [-0.05, 0) is 43.5 Å². The molecule has 5 heteroatoms. The molecule has 0 spiro atoms. The summed E-state index contributed by atoms with van der Waals surface area (Å²) in [4.78, 5) is 25.9. The highest BCUT2D eigenvalue weighted by Gasteiger charge is 2.45. The van der Waals surface area contributed by atoms with Crippen molar-refractivity contribution in [3.05, 3.63) is 24.3 Å². The molecular weight excluding hydrogens is 256 g/mol. The van der Waals surface area contributed by atoms with Crippen LogP contribution in [0, 0.1) is 23.2 Å². The van der Waals surface area contributed by atoms with E-state index in [0.717, 1.165) is 12.8 Å². The third-order valence-electron chi connectivity index (χ3n) is 3.97. The molecule has 0 radical (unpaired) electrons. The summed E-state index contributed by atoms with van der Waals surface area (Å²) < 4.78 is 5.16. The van der Waals surface area contributed by atoms with E-state index in [0.29, 0.717) is 17.9 Å². The molecule has 2 aliphatic rings. The van der Waals surface area contributed by atoms with Gasteiger partial charge in [-0.15, -0.1) is 0 Å². The largest absolute Gasteiger partial charge is 0.479 e. The lowest BCUT2D eigenvalue weighted by Crippen LogP contribution is -2.46. The average molecular weight is 270 g/mol. The first-order valence-corrected chi connectivity index (χ1v) is 6.68. The fourth-order valence-corrected chi connectivity index (χ4v) is 2.97. The highest BCUT2D eigenvalue weighted by Crippen LogP contribution is 2.40. The maximum Gasteiger partial charge on any atom is 0.236 e. The van der Waals surface area contributed by atoms with Gasteiger partial charge in [0, 0.05) is 11.8 Å². The van der Waals surface area contributed by atoms with Crippen LogP contribution in [0.25, 0.3) is 0 Å². The number of fused-ring (bicyclic) bond motifs is 2. The number of hydrogen-bond acceptors (Lipinski definition) is 4. The zero-order valence-electron chi connectivity index (χ0n) is 10.9. The van der Waals surface area contributed by atoms with Gasteiger partial charge in [-0.25, -0.2) is 0 Å². The molecule has 1 aromatic rings. The quantitative estimate of drug-likeness (QED) is 0.786. The van der Waals surface area contributed by atoms with E-state index in [-0.39, 0.29) is 30.3 Å². The molecule has 2 fully saturated rings. The number of anilines is 1. The first-order chi connectivity index (χ1) is 9.70. The smallest absolute Gasteiger partial charge is 0.236 e. The molecule has 0 aromatic heterocycles. The highest BCUT2D eigenvalue weighted by molar-refractivity contribution is 6.18. The Morgan fingerprint density at radius 3 is 2.30 bits per heavy atom. The van der Waals surface area contributed by atoms with Crippen molar-refractivity contribution in [3.8, 4) is 11.8 Å². The Morgan fingerprint density at radius 1 is 1.15 bits per heavy atom. The number of carbonyl (C=O) groups is 2. The molecule has 1 aliphatic carbocycles. The summed E-state index contributed by atoms with van der Waals surface area (Å²) in [5, 5.41) is 8.45. The minimum absolute atomic E-state index is 0.00721. The van der Waals surface area contributed by atoms with Gasteiger partial charge in [0.15, 0.2) is 6.61 Å². The van der Waals surface area contributed by atoms with Crippen molar-refractivity contribution in [3.63, 3.8) is 0 Å². The first kappa shape index (κ1) is 12.7.